The van der Waals surface area contributed by atoms with Crippen LogP contribution in [0.25, 0.3) is 11.4 Å². The molecule has 3 aromatic carbocycles. The molecule has 1 aliphatic rings. The minimum atomic E-state index is -0.428. The Morgan fingerprint density at radius 1 is 1.00 bits per heavy atom. The minimum Gasteiger partial charge on any atom is -0.497 e. The molecule has 2 N–H and O–H groups in total. The van der Waals surface area contributed by atoms with Crippen molar-refractivity contribution >= 4 is 17.7 Å². The van der Waals surface area contributed by atoms with Gasteiger partial charge in [-0.2, -0.15) is 0 Å². The number of nitrogens with zero attached hydrogens (tertiary/aromatic N) is 3. The summed E-state index contributed by atoms with van der Waals surface area (Å²) in [5.41, 5.74) is 6.47. The molecule has 8 heteroatoms. The summed E-state index contributed by atoms with van der Waals surface area (Å²) < 4.78 is 7.18. The monoisotopic (exact) mass is 457 g/mol. The number of nitrogens with one attached hydrogen (secondary N) is 2. The largest absolute Gasteiger partial charge is 0.497 e. The Hall–Kier alpha value is -3.78. The molecule has 4 aromatic rings. The van der Waals surface area contributed by atoms with Crippen LogP contribution in [-0.4, -0.2) is 33.1 Å². The summed E-state index contributed by atoms with van der Waals surface area (Å²) in [5, 5.41) is 12.0. The highest BCUT2D eigenvalue weighted by molar-refractivity contribution is 8.00. The Morgan fingerprint density at radius 2 is 1.70 bits per heavy atom. The Labute approximate surface area is 196 Å². The molecule has 0 spiro atoms. The van der Waals surface area contributed by atoms with E-state index in [-0.39, 0.29) is 11.9 Å². The van der Waals surface area contributed by atoms with Gasteiger partial charge in [-0.1, -0.05) is 84.6 Å². The fraction of sp³-hybridized carbons (Fsp3) is 0.160. The number of amides is 1. The molecule has 0 bridgehead atoms. The Kier molecular flexibility index (Phi) is 5.99. The quantitative estimate of drug-likeness (QED) is 0.455. The molecule has 0 aliphatic carbocycles. The molecular formula is C25H23N5O2S. The van der Waals surface area contributed by atoms with E-state index in [0.717, 1.165) is 22.4 Å². The van der Waals surface area contributed by atoms with Crippen molar-refractivity contribution in [3.8, 4) is 17.1 Å². The molecule has 33 heavy (non-hydrogen) atoms. The molecule has 1 amide bonds. The number of rotatable bonds is 6. The molecule has 166 valence electrons. The number of ether oxygens (including phenoxy) is 1. The maximum absolute atomic E-state index is 13.3. The van der Waals surface area contributed by atoms with Gasteiger partial charge in [0, 0.05) is 12.1 Å². The number of fused-ring (bicyclic) bond motifs is 1. The normalized spacial score (nSPS) is 17.0. The minimum absolute atomic E-state index is 0.0623. The first-order valence-corrected chi connectivity index (χ1v) is 11.5. The van der Waals surface area contributed by atoms with Gasteiger partial charge in [0.25, 0.3) is 0 Å². The van der Waals surface area contributed by atoms with Crippen LogP contribution in [0, 0.1) is 0 Å². The van der Waals surface area contributed by atoms with E-state index in [0.29, 0.717) is 17.5 Å². The molecule has 1 aliphatic heterocycles. The number of thioether (sulfide) groups is 1. The van der Waals surface area contributed by atoms with Gasteiger partial charge in [0.05, 0.1) is 13.2 Å². The molecule has 0 fully saturated rings. The van der Waals surface area contributed by atoms with Gasteiger partial charge in [-0.05, 0) is 23.3 Å². The van der Waals surface area contributed by atoms with E-state index in [4.69, 9.17) is 4.74 Å². The zero-order chi connectivity index (χ0) is 22.6. The standard InChI is InChI=1S/C25H23N5O2S/c1-32-20-14-12-18(13-15-20)21-22(24(31)26-16-17-8-4-2-5-9-17)33-25-28-27-23(30(25)29-21)19-10-6-3-7-11-19/h2-15,21-22,29H,16H2,1H3,(H,26,31)/t21-,22+/m1/s1. The second-order valence-electron chi connectivity index (χ2n) is 7.63. The van der Waals surface area contributed by atoms with E-state index in [1.165, 1.54) is 11.8 Å². The highest BCUT2D eigenvalue weighted by atomic mass is 32.2. The summed E-state index contributed by atoms with van der Waals surface area (Å²) >= 11 is 1.41. The summed E-state index contributed by atoms with van der Waals surface area (Å²) in [4.78, 5) is 13.3. The highest BCUT2D eigenvalue weighted by Gasteiger charge is 2.37. The first-order chi connectivity index (χ1) is 16.2. The van der Waals surface area contributed by atoms with Gasteiger partial charge in [-0.3, -0.25) is 4.79 Å². The molecule has 2 heterocycles. The van der Waals surface area contributed by atoms with E-state index in [1.54, 1.807) is 7.11 Å². The number of aromatic nitrogens is 3. The molecule has 0 radical (unpaired) electrons. The van der Waals surface area contributed by atoms with Crippen LogP contribution >= 0.6 is 11.8 Å². The van der Waals surface area contributed by atoms with E-state index in [1.807, 2.05) is 89.6 Å². The first kappa shape index (κ1) is 21.1. The zero-order valence-electron chi connectivity index (χ0n) is 18.0. The number of hydrogen-bond donors (Lipinski definition) is 2. The molecule has 0 saturated heterocycles. The summed E-state index contributed by atoms with van der Waals surface area (Å²) in [6, 6.07) is 27.2. The molecular weight excluding hydrogens is 434 g/mol. The van der Waals surface area contributed by atoms with E-state index in [9.17, 15) is 4.79 Å². The Balaban J connectivity index is 1.46. The van der Waals surface area contributed by atoms with Crippen molar-refractivity contribution in [2.24, 2.45) is 0 Å². The summed E-state index contributed by atoms with van der Waals surface area (Å²) in [6.07, 6.45) is 0. The average Bonchev–Trinajstić information content (AvgIpc) is 3.31. The van der Waals surface area contributed by atoms with Crippen LogP contribution in [0.2, 0.25) is 0 Å². The van der Waals surface area contributed by atoms with Crippen LogP contribution in [0.15, 0.2) is 90.1 Å². The molecule has 2 atom stereocenters. The second-order valence-corrected chi connectivity index (χ2v) is 8.74. The maximum atomic E-state index is 13.3. The number of methoxy groups -OCH3 is 1. The Bertz CT molecular complexity index is 1230. The van der Waals surface area contributed by atoms with E-state index in [2.05, 4.69) is 20.9 Å². The summed E-state index contributed by atoms with van der Waals surface area (Å²) in [6.45, 7) is 0.466. The van der Waals surface area contributed by atoms with Crippen molar-refractivity contribution < 1.29 is 9.53 Å². The van der Waals surface area contributed by atoms with Gasteiger partial charge in [0.15, 0.2) is 5.82 Å². The lowest BCUT2D eigenvalue weighted by molar-refractivity contribution is -0.121. The topological polar surface area (TPSA) is 81.1 Å². The van der Waals surface area contributed by atoms with Crippen molar-refractivity contribution in [2.45, 2.75) is 23.0 Å². The lowest BCUT2D eigenvalue weighted by Gasteiger charge is -2.33. The third kappa shape index (κ3) is 4.42. The third-order valence-electron chi connectivity index (χ3n) is 5.51. The van der Waals surface area contributed by atoms with Crippen LogP contribution in [0.3, 0.4) is 0 Å². The molecule has 5 rings (SSSR count). The van der Waals surface area contributed by atoms with Crippen molar-refractivity contribution in [3.05, 3.63) is 96.1 Å². The molecule has 1 aromatic heterocycles. The van der Waals surface area contributed by atoms with Gasteiger partial charge < -0.3 is 15.5 Å². The van der Waals surface area contributed by atoms with E-state index < -0.39 is 5.25 Å². The number of carbonyl (C=O) groups excluding carboxylic acids is 1. The van der Waals surface area contributed by atoms with Crippen molar-refractivity contribution in [1.29, 1.82) is 0 Å². The van der Waals surface area contributed by atoms with Gasteiger partial charge in [-0.25, -0.2) is 4.68 Å². The lowest BCUT2D eigenvalue weighted by atomic mass is 10.0. The van der Waals surface area contributed by atoms with Crippen LogP contribution in [-0.2, 0) is 11.3 Å². The molecule has 0 saturated carbocycles. The predicted molar refractivity (Wildman–Crippen MR) is 128 cm³/mol. The second kappa shape index (κ2) is 9.38. The highest BCUT2D eigenvalue weighted by Crippen LogP contribution is 2.38. The van der Waals surface area contributed by atoms with Gasteiger partial charge in [-0.15, -0.1) is 10.2 Å². The fourth-order valence-corrected chi connectivity index (χ4v) is 4.88. The van der Waals surface area contributed by atoms with Crippen LogP contribution in [0.4, 0.5) is 0 Å². The summed E-state index contributed by atoms with van der Waals surface area (Å²) in [7, 11) is 1.64. The van der Waals surface area contributed by atoms with Crippen molar-refractivity contribution in [3.63, 3.8) is 0 Å². The Morgan fingerprint density at radius 3 is 2.39 bits per heavy atom. The zero-order valence-corrected chi connectivity index (χ0v) is 18.8. The first-order valence-electron chi connectivity index (χ1n) is 10.6. The van der Waals surface area contributed by atoms with Crippen LogP contribution < -0.4 is 15.5 Å². The van der Waals surface area contributed by atoms with Gasteiger partial charge >= 0.3 is 0 Å². The van der Waals surface area contributed by atoms with Crippen molar-refractivity contribution in [2.75, 3.05) is 12.5 Å². The van der Waals surface area contributed by atoms with Crippen molar-refractivity contribution in [1.82, 2.24) is 20.2 Å². The van der Waals surface area contributed by atoms with Crippen LogP contribution in [0.1, 0.15) is 17.2 Å². The van der Waals surface area contributed by atoms with Gasteiger partial charge in [0.2, 0.25) is 11.1 Å². The maximum Gasteiger partial charge on any atom is 0.236 e. The predicted octanol–water partition coefficient (Wildman–Crippen LogP) is 4.03. The number of benzene rings is 3. The summed E-state index contributed by atoms with van der Waals surface area (Å²) in [5.74, 6) is 1.41. The van der Waals surface area contributed by atoms with E-state index >= 15 is 0 Å². The SMILES string of the molecule is COc1ccc([C@H]2Nn3c(nnc3-c3ccccc3)S[C@@H]2C(=O)NCc2ccccc2)cc1. The van der Waals surface area contributed by atoms with Gasteiger partial charge in [0.1, 0.15) is 11.0 Å². The number of carbonyl (C=O) groups is 1. The molecule has 0 unspecified atom stereocenters. The smallest absolute Gasteiger partial charge is 0.236 e. The molecule has 7 nitrogen and oxygen atoms in total. The van der Waals surface area contributed by atoms with Crippen LogP contribution in [0.5, 0.6) is 5.75 Å². The number of hydrogen-bond acceptors (Lipinski definition) is 6. The lowest BCUT2D eigenvalue weighted by Crippen LogP contribution is -2.43. The third-order valence-corrected chi connectivity index (χ3v) is 6.73. The fourth-order valence-electron chi connectivity index (χ4n) is 3.78. The average molecular weight is 458 g/mol.